The third kappa shape index (κ3) is 65.6. The Morgan fingerprint density at radius 3 is 0.744 bits per heavy atom. The molecule has 0 rings (SSSR count). The second-order valence-electron chi connectivity index (χ2n) is 21.3. The minimum absolute atomic E-state index is 0.106. The summed E-state index contributed by atoms with van der Waals surface area (Å²) in [4.78, 5) is 38.3. The molecular formula is C76H120O6. The summed E-state index contributed by atoms with van der Waals surface area (Å²) in [5, 5.41) is 0. The summed E-state index contributed by atoms with van der Waals surface area (Å²) in [5.74, 6) is -0.958. The highest BCUT2D eigenvalue weighted by Gasteiger charge is 2.19. The minimum atomic E-state index is -0.811. The fourth-order valence-electron chi connectivity index (χ4n) is 8.54. The van der Waals surface area contributed by atoms with E-state index in [1.54, 1.807) is 0 Å². The molecule has 1 unspecified atom stereocenters. The van der Waals surface area contributed by atoms with Crippen LogP contribution in [0, 0.1) is 0 Å². The number of rotatable bonds is 58. The van der Waals surface area contributed by atoms with Crippen molar-refractivity contribution in [2.45, 2.75) is 277 Å². The summed E-state index contributed by atoms with van der Waals surface area (Å²) in [6, 6.07) is 0. The molecule has 0 spiro atoms. The smallest absolute Gasteiger partial charge is 0.306 e. The number of ether oxygens (including phenoxy) is 3. The predicted octanol–water partition coefficient (Wildman–Crippen LogP) is 23.0. The fraction of sp³-hybridized carbons (Fsp3) is 0.592. The number of hydrogen-bond acceptors (Lipinski definition) is 6. The molecule has 6 nitrogen and oxygen atoms in total. The van der Waals surface area contributed by atoms with Gasteiger partial charge in [-0.25, -0.2) is 0 Å². The van der Waals surface area contributed by atoms with E-state index in [1.807, 2.05) is 0 Å². The molecule has 0 aromatic rings. The molecule has 0 aliphatic carbocycles. The van der Waals surface area contributed by atoms with Gasteiger partial charge in [0.2, 0.25) is 0 Å². The number of unbranched alkanes of at least 4 members (excludes halogenated alkanes) is 19. The molecular weight excluding hydrogens is 1010 g/mol. The molecule has 0 amide bonds. The van der Waals surface area contributed by atoms with Crippen LogP contribution < -0.4 is 0 Å². The maximum atomic E-state index is 12.9. The zero-order valence-electron chi connectivity index (χ0n) is 52.7. The summed E-state index contributed by atoms with van der Waals surface area (Å²) < 4.78 is 16.9. The Kier molecular flexibility index (Phi) is 63.9. The monoisotopic (exact) mass is 1130 g/mol. The molecule has 0 saturated heterocycles. The largest absolute Gasteiger partial charge is 0.462 e. The lowest BCUT2D eigenvalue weighted by atomic mass is 10.1. The predicted molar refractivity (Wildman–Crippen MR) is 357 cm³/mol. The van der Waals surface area contributed by atoms with Gasteiger partial charge in [0.15, 0.2) is 6.10 Å². The molecule has 0 aromatic heterocycles. The average Bonchev–Trinajstić information content (AvgIpc) is 3.47. The van der Waals surface area contributed by atoms with Crippen LogP contribution in [0.1, 0.15) is 271 Å². The minimum Gasteiger partial charge on any atom is -0.462 e. The Morgan fingerprint density at radius 2 is 0.476 bits per heavy atom. The highest BCUT2D eigenvalue weighted by Crippen LogP contribution is 2.14. The van der Waals surface area contributed by atoms with Gasteiger partial charge in [0, 0.05) is 19.3 Å². The molecule has 0 N–H and O–H groups in total. The molecule has 0 bridgehead atoms. The van der Waals surface area contributed by atoms with Crippen molar-refractivity contribution >= 4 is 17.9 Å². The molecule has 82 heavy (non-hydrogen) atoms. The first-order valence-electron chi connectivity index (χ1n) is 33.1. The van der Waals surface area contributed by atoms with Gasteiger partial charge < -0.3 is 14.2 Å². The van der Waals surface area contributed by atoms with Crippen LogP contribution in [0.5, 0.6) is 0 Å². The Balaban J connectivity index is 4.39. The van der Waals surface area contributed by atoms with Gasteiger partial charge in [0.25, 0.3) is 0 Å². The number of allylic oxidation sites excluding steroid dienone is 28. The van der Waals surface area contributed by atoms with Crippen molar-refractivity contribution in [2.24, 2.45) is 0 Å². The summed E-state index contributed by atoms with van der Waals surface area (Å²) >= 11 is 0. The highest BCUT2D eigenvalue weighted by atomic mass is 16.6. The van der Waals surface area contributed by atoms with Crippen LogP contribution >= 0.6 is 0 Å². The Hall–Kier alpha value is -5.23. The standard InChI is InChI=1S/C76H120O6/c1-4-7-10-13-16-19-22-25-28-30-31-32-33-34-35-36-37-38-39-40-41-42-43-44-45-46-49-51-54-57-60-63-66-69-75(78)81-72-73(71-80-74(77)68-65-62-59-56-53-50-47-27-24-21-18-15-12-9-6-3)82-76(79)70-67-64-61-58-55-52-48-29-26-23-20-17-14-11-8-5-2/h7,9-10,12,16,18-21,23,25,27-29,31-32,34-35,37-38,40-41,43-44,46-49,73H,4-6,8,11,13-15,17,22,24,26,30,33,36,39,42,45,50-72H2,1-3H3/b10-7-,12-9-,19-16-,21-18-,23-20-,28-25-,32-31-,35-34-,38-37-,41-40-,44-43-,47-27-,48-29-,49-46-. The molecule has 0 aliphatic rings. The number of hydrogen-bond donors (Lipinski definition) is 0. The second kappa shape index (κ2) is 68.3. The molecule has 460 valence electrons. The molecule has 0 aromatic carbocycles. The van der Waals surface area contributed by atoms with Gasteiger partial charge in [0.1, 0.15) is 13.2 Å². The Morgan fingerprint density at radius 1 is 0.256 bits per heavy atom. The van der Waals surface area contributed by atoms with Gasteiger partial charge in [-0.1, -0.05) is 268 Å². The lowest BCUT2D eigenvalue weighted by molar-refractivity contribution is -0.167. The van der Waals surface area contributed by atoms with Crippen LogP contribution in [0.4, 0.5) is 0 Å². The Labute approximate surface area is 504 Å². The van der Waals surface area contributed by atoms with E-state index < -0.39 is 6.10 Å². The first kappa shape index (κ1) is 76.8. The van der Waals surface area contributed by atoms with Gasteiger partial charge in [-0.05, 0) is 154 Å². The van der Waals surface area contributed by atoms with E-state index in [0.717, 1.165) is 199 Å². The number of carbonyl (C=O) groups excluding carboxylic acids is 3. The van der Waals surface area contributed by atoms with Crippen molar-refractivity contribution in [2.75, 3.05) is 13.2 Å². The van der Waals surface area contributed by atoms with Crippen molar-refractivity contribution in [1.82, 2.24) is 0 Å². The lowest BCUT2D eigenvalue weighted by Crippen LogP contribution is -2.30. The normalized spacial score (nSPS) is 13.3. The fourth-order valence-corrected chi connectivity index (χ4v) is 8.54. The van der Waals surface area contributed by atoms with E-state index in [1.165, 1.54) is 32.1 Å². The number of esters is 3. The SMILES string of the molecule is CC/C=C\C/C=C\C/C=C\C/C=C\C/C=C\C/C=C\C/C=C\C/C=C\C/C=C\CCCCCCCC(=O)OCC(COC(=O)CCCCCCC/C=C\C/C=C\C/C=C\CC)OC(=O)CCCCCCC/C=C\C/C=C\CCCCCC. The van der Waals surface area contributed by atoms with Crippen molar-refractivity contribution in [3.63, 3.8) is 0 Å². The molecule has 0 heterocycles. The molecule has 0 fully saturated rings. The topological polar surface area (TPSA) is 78.9 Å². The van der Waals surface area contributed by atoms with Crippen molar-refractivity contribution < 1.29 is 28.6 Å². The van der Waals surface area contributed by atoms with Gasteiger partial charge >= 0.3 is 17.9 Å². The van der Waals surface area contributed by atoms with E-state index in [9.17, 15) is 14.4 Å². The van der Waals surface area contributed by atoms with Crippen LogP contribution in [0.3, 0.4) is 0 Å². The van der Waals surface area contributed by atoms with Gasteiger partial charge in [-0.2, -0.15) is 0 Å². The summed E-state index contributed by atoms with van der Waals surface area (Å²) in [7, 11) is 0. The second-order valence-corrected chi connectivity index (χ2v) is 21.3. The molecule has 0 radical (unpaired) electrons. The maximum absolute atomic E-state index is 12.9. The first-order chi connectivity index (χ1) is 40.5. The van der Waals surface area contributed by atoms with E-state index >= 15 is 0 Å². The first-order valence-corrected chi connectivity index (χ1v) is 33.1. The van der Waals surface area contributed by atoms with Crippen LogP contribution in [-0.2, 0) is 28.6 Å². The maximum Gasteiger partial charge on any atom is 0.306 e. The summed E-state index contributed by atoms with van der Waals surface area (Å²) in [6.45, 7) is 6.35. The Bertz CT molecular complexity index is 1870. The van der Waals surface area contributed by atoms with E-state index in [-0.39, 0.29) is 31.1 Å². The van der Waals surface area contributed by atoms with Crippen LogP contribution in [0.2, 0.25) is 0 Å². The van der Waals surface area contributed by atoms with E-state index in [4.69, 9.17) is 14.2 Å². The zero-order valence-corrected chi connectivity index (χ0v) is 52.7. The molecule has 0 aliphatic heterocycles. The number of carbonyl (C=O) groups is 3. The van der Waals surface area contributed by atoms with Gasteiger partial charge in [-0.3, -0.25) is 14.4 Å². The molecule has 6 heteroatoms. The van der Waals surface area contributed by atoms with Crippen LogP contribution in [-0.4, -0.2) is 37.2 Å². The lowest BCUT2D eigenvalue weighted by Gasteiger charge is -2.18. The van der Waals surface area contributed by atoms with Crippen molar-refractivity contribution in [3.05, 3.63) is 170 Å². The van der Waals surface area contributed by atoms with Crippen LogP contribution in [0.15, 0.2) is 170 Å². The van der Waals surface area contributed by atoms with Crippen LogP contribution in [0.25, 0.3) is 0 Å². The summed E-state index contributed by atoms with van der Waals surface area (Å²) in [5.41, 5.74) is 0. The third-order valence-electron chi connectivity index (χ3n) is 13.4. The third-order valence-corrected chi connectivity index (χ3v) is 13.4. The van der Waals surface area contributed by atoms with E-state index in [0.29, 0.717) is 19.3 Å². The quantitative estimate of drug-likeness (QED) is 0.0261. The summed E-state index contributed by atoms with van der Waals surface area (Å²) in [6.07, 6.45) is 101. The van der Waals surface area contributed by atoms with Crippen molar-refractivity contribution in [3.8, 4) is 0 Å². The van der Waals surface area contributed by atoms with Gasteiger partial charge in [-0.15, -0.1) is 0 Å². The highest BCUT2D eigenvalue weighted by molar-refractivity contribution is 5.71. The van der Waals surface area contributed by atoms with Gasteiger partial charge in [0.05, 0.1) is 0 Å². The molecule has 1 atom stereocenters. The molecule has 0 saturated carbocycles. The van der Waals surface area contributed by atoms with E-state index in [2.05, 4.69) is 191 Å². The van der Waals surface area contributed by atoms with Crippen molar-refractivity contribution in [1.29, 1.82) is 0 Å². The zero-order chi connectivity index (χ0) is 59.2. The average molecular weight is 1130 g/mol.